The molecule has 0 saturated carbocycles. The van der Waals surface area contributed by atoms with E-state index >= 15 is 0 Å². The number of halogens is 1. The van der Waals surface area contributed by atoms with Crippen molar-refractivity contribution in [2.75, 3.05) is 18.0 Å². The first-order valence-corrected chi connectivity index (χ1v) is 6.03. The Bertz CT molecular complexity index is 436. The lowest BCUT2D eigenvalue weighted by atomic mass is 10.1. The van der Waals surface area contributed by atoms with Gasteiger partial charge in [-0.05, 0) is 18.6 Å². The van der Waals surface area contributed by atoms with Gasteiger partial charge in [-0.1, -0.05) is 17.7 Å². The first kappa shape index (κ1) is 12.2. The Kier molecular flexibility index (Phi) is 3.54. The Morgan fingerprint density at radius 2 is 2.29 bits per heavy atom. The molecular weight excluding hydrogens is 238 g/mol. The van der Waals surface area contributed by atoms with E-state index in [4.69, 9.17) is 23.1 Å². The number of anilines is 1. The van der Waals surface area contributed by atoms with E-state index in [1.807, 2.05) is 18.2 Å². The molecule has 1 aliphatic heterocycles. The molecule has 4 nitrogen and oxygen atoms in total. The molecule has 0 spiro atoms. The molecule has 1 saturated heterocycles. The summed E-state index contributed by atoms with van der Waals surface area (Å²) in [6.07, 6.45) is 0.797. The quantitative estimate of drug-likeness (QED) is 0.848. The maximum atomic E-state index is 11.1. The van der Waals surface area contributed by atoms with E-state index in [1.54, 1.807) is 0 Å². The summed E-state index contributed by atoms with van der Waals surface area (Å²) in [4.78, 5) is 13.3. The third kappa shape index (κ3) is 2.37. The fourth-order valence-corrected chi connectivity index (χ4v) is 2.50. The third-order valence-electron chi connectivity index (χ3n) is 3.23. The van der Waals surface area contributed by atoms with Crippen LogP contribution in [0, 0.1) is 5.92 Å². The van der Waals surface area contributed by atoms with Crippen LogP contribution in [0.2, 0.25) is 5.02 Å². The zero-order chi connectivity index (χ0) is 12.4. The maximum Gasteiger partial charge on any atom is 0.222 e. The van der Waals surface area contributed by atoms with Crippen molar-refractivity contribution in [3.63, 3.8) is 0 Å². The van der Waals surface area contributed by atoms with Crippen LogP contribution in [0.15, 0.2) is 18.2 Å². The van der Waals surface area contributed by atoms with E-state index in [2.05, 4.69) is 4.90 Å². The van der Waals surface area contributed by atoms with Crippen molar-refractivity contribution < 1.29 is 4.79 Å². The lowest BCUT2D eigenvalue weighted by Crippen LogP contribution is -2.28. The first-order chi connectivity index (χ1) is 8.13. The summed E-state index contributed by atoms with van der Waals surface area (Å²) in [5.41, 5.74) is 13.0. The fraction of sp³-hybridized carbons (Fsp3) is 0.417. The summed E-state index contributed by atoms with van der Waals surface area (Å²) >= 11 is 6.11. The molecule has 1 amide bonds. The Balaban J connectivity index is 2.24. The monoisotopic (exact) mass is 253 g/mol. The zero-order valence-corrected chi connectivity index (χ0v) is 10.3. The van der Waals surface area contributed by atoms with Crippen LogP contribution in [-0.2, 0) is 11.3 Å². The Morgan fingerprint density at radius 1 is 1.53 bits per heavy atom. The SMILES string of the molecule is NCc1c(Cl)cccc1N1CCC(C(N)=O)C1. The predicted molar refractivity (Wildman–Crippen MR) is 68.9 cm³/mol. The van der Waals surface area contributed by atoms with Crippen LogP contribution < -0.4 is 16.4 Å². The smallest absolute Gasteiger partial charge is 0.222 e. The highest BCUT2D eigenvalue weighted by Crippen LogP contribution is 2.30. The van der Waals surface area contributed by atoms with Crippen LogP contribution >= 0.6 is 11.6 Å². The second kappa shape index (κ2) is 4.94. The molecule has 1 aromatic rings. The van der Waals surface area contributed by atoms with Gasteiger partial charge < -0.3 is 16.4 Å². The van der Waals surface area contributed by atoms with Crippen molar-refractivity contribution in [3.8, 4) is 0 Å². The minimum atomic E-state index is -0.233. The number of nitrogens with zero attached hydrogens (tertiary/aromatic N) is 1. The largest absolute Gasteiger partial charge is 0.370 e. The molecule has 1 fully saturated rings. The van der Waals surface area contributed by atoms with Crippen LogP contribution in [0.25, 0.3) is 0 Å². The van der Waals surface area contributed by atoms with Gasteiger partial charge in [0.1, 0.15) is 0 Å². The third-order valence-corrected chi connectivity index (χ3v) is 3.58. The van der Waals surface area contributed by atoms with Crippen molar-refractivity contribution in [1.82, 2.24) is 0 Å². The normalized spacial score (nSPS) is 19.6. The van der Waals surface area contributed by atoms with Gasteiger partial charge in [-0.25, -0.2) is 0 Å². The van der Waals surface area contributed by atoms with Crippen LogP contribution in [0.1, 0.15) is 12.0 Å². The Hall–Kier alpha value is -1.26. The average Bonchev–Trinajstić information content (AvgIpc) is 2.77. The summed E-state index contributed by atoms with van der Waals surface area (Å²) in [6.45, 7) is 1.87. The summed E-state index contributed by atoms with van der Waals surface area (Å²) in [7, 11) is 0. The van der Waals surface area contributed by atoms with Crippen molar-refractivity contribution in [2.24, 2.45) is 17.4 Å². The van der Waals surface area contributed by atoms with Crippen molar-refractivity contribution in [3.05, 3.63) is 28.8 Å². The van der Waals surface area contributed by atoms with Gasteiger partial charge in [0.2, 0.25) is 5.91 Å². The molecule has 0 bridgehead atoms. The highest BCUT2D eigenvalue weighted by atomic mass is 35.5. The number of primary amides is 1. The number of amides is 1. The topological polar surface area (TPSA) is 72.3 Å². The predicted octanol–water partition coefficient (Wildman–Crippen LogP) is 1.11. The Labute approximate surface area is 106 Å². The van der Waals surface area contributed by atoms with Crippen molar-refractivity contribution >= 4 is 23.2 Å². The van der Waals surface area contributed by atoms with Gasteiger partial charge in [-0.3, -0.25) is 4.79 Å². The number of hydrogen-bond donors (Lipinski definition) is 2. The van der Waals surface area contributed by atoms with Gasteiger partial charge in [0.25, 0.3) is 0 Å². The molecule has 1 unspecified atom stereocenters. The molecule has 0 aromatic heterocycles. The molecule has 2 rings (SSSR count). The lowest BCUT2D eigenvalue weighted by Gasteiger charge is -2.22. The molecule has 1 atom stereocenters. The molecular formula is C12H16ClN3O. The average molecular weight is 254 g/mol. The first-order valence-electron chi connectivity index (χ1n) is 5.65. The van der Waals surface area contributed by atoms with Gasteiger partial charge in [0.05, 0.1) is 5.92 Å². The molecule has 0 aliphatic carbocycles. The molecule has 1 aliphatic rings. The standard InChI is InChI=1S/C12H16ClN3O/c13-10-2-1-3-11(9(10)6-14)16-5-4-8(7-16)12(15)17/h1-3,8H,4-7,14H2,(H2,15,17). The van der Waals surface area contributed by atoms with Gasteiger partial charge in [0.15, 0.2) is 0 Å². The van der Waals surface area contributed by atoms with Crippen molar-refractivity contribution in [2.45, 2.75) is 13.0 Å². The minimum Gasteiger partial charge on any atom is -0.370 e. The van der Waals surface area contributed by atoms with Crippen LogP contribution in [0.4, 0.5) is 5.69 Å². The van der Waals surface area contributed by atoms with Crippen LogP contribution in [-0.4, -0.2) is 19.0 Å². The molecule has 17 heavy (non-hydrogen) atoms. The molecule has 1 aromatic carbocycles. The summed E-state index contributed by atoms with van der Waals surface area (Å²) in [5.74, 6) is -0.302. The van der Waals surface area contributed by atoms with Crippen molar-refractivity contribution in [1.29, 1.82) is 0 Å². The fourth-order valence-electron chi connectivity index (χ4n) is 2.26. The van der Waals surface area contributed by atoms with E-state index in [0.717, 1.165) is 24.2 Å². The lowest BCUT2D eigenvalue weighted by molar-refractivity contribution is -0.121. The number of nitrogens with two attached hydrogens (primary N) is 2. The van der Waals surface area contributed by atoms with E-state index in [1.165, 1.54) is 0 Å². The highest BCUT2D eigenvalue weighted by molar-refractivity contribution is 6.31. The van der Waals surface area contributed by atoms with Gasteiger partial charge in [-0.2, -0.15) is 0 Å². The number of hydrogen-bond acceptors (Lipinski definition) is 3. The highest BCUT2D eigenvalue weighted by Gasteiger charge is 2.27. The number of carbonyl (C=O) groups excluding carboxylic acids is 1. The molecule has 4 N–H and O–H groups in total. The second-order valence-electron chi connectivity index (χ2n) is 4.28. The van der Waals surface area contributed by atoms with Gasteiger partial charge >= 0.3 is 0 Å². The van der Waals surface area contributed by atoms with E-state index in [9.17, 15) is 4.79 Å². The maximum absolute atomic E-state index is 11.1. The van der Waals surface area contributed by atoms with Gasteiger partial charge in [-0.15, -0.1) is 0 Å². The van der Waals surface area contributed by atoms with E-state index in [0.29, 0.717) is 18.1 Å². The number of carbonyl (C=O) groups is 1. The minimum absolute atomic E-state index is 0.0698. The van der Waals surface area contributed by atoms with E-state index < -0.39 is 0 Å². The molecule has 0 radical (unpaired) electrons. The zero-order valence-electron chi connectivity index (χ0n) is 9.53. The van der Waals surface area contributed by atoms with Gasteiger partial charge in [0, 0.05) is 35.9 Å². The number of rotatable bonds is 3. The Morgan fingerprint density at radius 3 is 2.88 bits per heavy atom. The van der Waals surface area contributed by atoms with Crippen LogP contribution in [0.3, 0.4) is 0 Å². The molecule has 1 heterocycles. The molecule has 92 valence electrons. The number of benzene rings is 1. The second-order valence-corrected chi connectivity index (χ2v) is 4.68. The van der Waals surface area contributed by atoms with E-state index in [-0.39, 0.29) is 11.8 Å². The summed E-state index contributed by atoms with van der Waals surface area (Å²) < 4.78 is 0. The van der Waals surface area contributed by atoms with Crippen LogP contribution in [0.5, 0.6) is 0 Å². The molecule has 5 heteroatoms. The summed E-state index contributed by atoms with van der Waals surface area (Å²) in [5, 5.41) is 0.674. The summed E-state index contributed by atoms with van der Waals surface area (Å²) in [6, 6.07) is 5.71.